The molecule has 0 aromatic heterocycles. The van der Waals surface area contributed by atoms with Gasteiger partial charge >= 0.3 is 0 Å². The molecule has 0 amide bonds. The minimum Gasteiger partial charge on any atom is -0.381 e. The Morgan fingerprint density at radius 3 is 2.65 bits per heavy atom. The zero-order chi connectivity index (χ0) is 14.6. The van der Waals surface area contributed by atoms with Gasteiger partial charge in [-0.3, -0.25) is 0 Å². The number of morpholine rings is 1. The Kier molecular flexibility index (Phi) is 5.84. The molecule has 0 aromatic carbocycles. The summed E-state index contributed by atoms with van der Waals surface area (Å²) in [5.74, 6) is 0.586. The summed E-state index contributed by atoms with van der Waals surface area (Å²) in [6, 6.07) is 0. The zero-order valence-corrected chi connectivity index (χ0v) is 13.4. The number of methoxy groups -OCH3 is 1. The number of hydrogen-bond donors (Lipinski definition) is 0. The highest BCUT2D eigenvalue weighted by Gasteiger charge is 2.34. The lowest BCUT2D eigenvalue weighted by atomic mass is 9.85. The van der Waals surface area contributed by atoms with Crippen molar-refractivity contribution in [2.45, 2.75) is 51.2 Å². The Balaban J connectivity index is 1.95. The minimum atomic E-state index is -3.24. The van der Waals surface area contributed by atoms with Crippen molar-refractivity contribution in [1.82, 2.24) is 4.31 Å². The quantitative estimate of drug-likeness (QED) is 0.775. The van der Waals surface area contributed by atoms with Crippen LogP contribution < -0.4 is 0 Å². The maximum atomic E-state index is 12.4. The van der Waals surface area contributed by atoms with E-state index in [0.29, 0.717) is 25.6 Å². The van der Waals surface area contributed by atoms with E-state index in [-0.39, 0.29) is 18.0 Å². The summed E-state index contributed by atoms with van der Waals surface area (Å²) in [5, 5.41) is 0. The molecule has 0 unspecified atom stereocenters. The fraction of sp³-hybridized carbons (Fsp3) is 1.00. The molecule has 2 rings (SSSR count). The predicted octanol–water partition coefficient (Wildman–Crippen LogP) is 1.63. The van der Waals surface area contributed by atoms with Crippen LogP contribution >= 0.6 is 0 Å². The zero-order valence-electron chi connectivity index (χ0n) is 12.6. The lowest BCUT2D eigenvalue weighted by molar-refractivity contribution is -0.0433. The van der Waals surface area contributed by atoms with Crippen molar-refractivity contribution < 1.29 is 17.9 Å². The lowest BCUT2D eigenvalue weighted by Crippen LogP contribution is -2.50. The van der Waals surface area contributed by atoms with Crippen LogP contribution in [0.4, 0.5) is 0 Å². The summed E-state index contributed by atoms with van der Waals surface area (Å²) in [4.78, 5) is 0. The van der Waals surface area contributed by atoms with Crippen LogP contribution in [-0.4, -0.2) is 57.5 Å². The molecular formula is C14H27NO4S. The first-order chi connectivity index (χ1) is 9.53. The van der Waals surface area contributed by atoms with Crippen molar-refractivity contribution in [2.75, 3.05) is 32.6 Å². The van der Waals surface area contributed by atoms with Crippen LogP contribution in [0.25, 0.3) is 0 Å². The van der Waals surface area contributed by atoms with Gasteiger partial charge in [0, 0.05) is 20.2 Å². The molecular weight excluding hydrogens is 278 g/mol. The number of sulfonamides is 1. The first kappa shape index (κ1) is 16.2. The summed E-state index contributed by atoms with van der Waals surface area (Å²) in [7, 11) is -1.69. The van der Waals surface area contributed by atoms with Gasteiger partial charge in [0.1, 0.15) is 0 Å². The Labute approximate surface area is 122 Å². The van der Waals surface area contributed by atoms with E-state index in [1.54, 1.807) is 18.3 Å². The van der Waals surface area contributed by atoms with Crippen LogP contribution in [0.15, 0.2) is 0 Å². The molecule has 1 aliphatic heterocycles. The van der Waals surface area contributed by atoms with Crippen molar-refractivity contribution >= 4 is 10.0 Å². The maximum Gasteiger partial charge on any atom is 0.216 e. The number of rotatable bonds is 5. The van der Waals surface area contributed by atoms with Gasteiger partial charge in [-0.05, 0) is 25.7 Å². The van der Waals surface area contributed by atoms with Gasteiger partial charge in [0.2, 0.25) is 10.0 Å². The first-order valence-corrected chi connectivity index (χ1v) is 9.26. The minimum absolute atomic E-state index is 0.0564. The summed E-state index contributed by atoms with van der Waals surface area (Å²) in [6.45, 7) is 3.30. The third kappa shape index (κ3) is 4.16. The average Bonchev–Trinajstić information content (AvgIpc) is 2.48. The van der Waals surface area contributed by atoms with E-state index in [2.05, 4.69) is 0 Å². The SMILES string of the molecule is CO[C@@H](C)CS(=O)(=O)N1CCO[C@H](C2CCCCC2)C1. The van der Waals surface area contributed by atoms with E-state index >= 15 is 0 Å². The molecule has 5 nitrogen and oxygen atoms in total. The van der Waals surface area contributed by atoms with Crippen LogP contribution in [0.3, 0.4) is 0 Å². The highest BCUT2D eigenvalue weighted by atomic mass is 32.2. The van der Waals surface area contributed by atoms with Crippen LogP contribution in [0.2, 0.25) is 0 Å². The van der Waals surface area contributed by atoms with Gasteiger partial charge < -0.3 is 9.47 Å². The van der Waals surface area contributed by atoms with Gasteiger partial charge in [0.15, 0.2) is 0 Å². The van der Waals surface area contributed by atoms with Gasteiger partial charge in [-0.15, -0.1) is 0 Å². The molecule has 2 atom stereocenters. The van der Waals surface area contributed by atoms with Crippen molar-refractivity contribution in [3.63, 3.8) is 0 Å². The topological polar surface area (TPSA) is 55.8 Å². The highest BCUT2D eigenvalue weighted by molar-refractivity contribution is 7.89. The highest BCUT2D eigenvalue weighted by Crippen LogP contribution is 2.30. The van der Waals surface area contributed by atoms with E-state index in [0.717, 1.165) is 0 Å². The number of ether oxygens (including phenoxy) is 2. The molecule has 0 aromatic rings. The Hall–Kier alpha value is -0.170. The lowest BCUT2D eigenvalue weighted by Gasteiger charge is -2.38. The second-order valence-electron chi connectivity index (χ2n) is 5.99. The molecule has 1 aliphatic carbocycles. The van der Waals surface area contributed by atoms with Gasteiger partial charge in [0.25, 0.3) is 0 Å². The third-order valence-electron chi connectivity index (χ3n) is 4.47. The molecule has 20 heavy (non-hydrogen) atoms. The molecule has 2 aliphatic rings. The monoisotopic (exact) mass is 305 g/mol. The van der Waals surface area contributed by atoms with Gasteiger partial charge in [-0.1, -0.05) is 19.3 Å². The summed E-state index contributed by atoms with van der Waals surface area (Å²) >= 11 is 0. The fourth-order valence-corrected chi connectivity index (χ4v) is 4.83. The third-order valence-corrected chi connectivity index (χ3v) is 6.48. The molecule has 1 saturated heterocycles. The van der Waals surface area contributed by atoms with Crippen LogP contribution in [0.1, 0.15) is 39.0 Å². The molecule has 0 bridgehead atoms. The number of hydrogen-bond acceptors (Lipinski definition) is 4. The molecule has 6 heteroatoms. The van der Waals surface area contributed by atoms with Crippen LogP contribution in [0, 0.1) is 5.92 Å². The smallest absolute Gasteiger partial charge is 0.216 e. The fourth-order valence-electron chi connectivity index (χ4n) is 3.16. The van der Waals surface area contributed by atoms with Gasteiger partial charge in [-0.2, -0.15) is 4.31 Å². The van der Waals surface area contributed by atoms with E-state index < -0.39 is 10.0 Å². The van der Waals surface area contributed by atoms with E-state index in [1.165, 1.54) is 32.1 Å². The Bertz CT molecular complexity index is 392. The predicted molar refractivity (Wildman–Crippen MR) is 78.1 cm³/mol. The second-order valence-corrected chi connectivity index (χ2v) is 8.00. The maximum absolute atomic E-state index is 12.4. The van der Waals surface area contributed by atoms with Crippen molar-refractivity contribution in [3.05, 3.63) is 0 Å². The summed E-state index contributed by atoms with van der Waals surface area (Å²) < 4.78 is 37.3. The van der Waals surface area contributed by atoms with E-state index in [4.69, 9.17) is 9.47 Å². The Morgan fingerprint density at radius 2 is 2.00 bits per heavy atom. The van der Waals surface area contributed by atoms with E-state index in [9.17, 15) is 8.42 Å². The van der Waals surface area contributed by atoms with Gasteiger partial charge in [0.05, 0.1) is 24.6 Å². The largest absolute Gasteiger partial charge is 0.381 e. The molecule has 0 spiro atoms. The van der Waals surface area contributed by atoms with E-state index in [1.807, 2.05) is 0 Å². The summed E-state index contributed by atoms with van der Waals surface area (Å²) in [5.41, 5.74) is 0. The molecule has 1 heterocycles. The Morgan fingerprint density at radius 1 is 1.30 bits per heavy atom. The second kappa shape index (κ2) is 7.20. The average molecular weight is 305 g/mol. The van der Waals surface area contributed by atoms with Crippen molar-refractivity contribution in [1.29, 1.82) is 0 Å². The first-order valence-electron chi connectivity index (χ1n) is 7.65. The summed E-state index contributed by atoms with van der Waals surface area (Å²) in [6.07, 6.45) is 5.96. The molecule has 1 saturated carbocycles. The molecule has 0 radical (unpaired) electrons. The van der Waals surface area contributed by atoms with Crippen LogP contribution in [0.5, 0.6) is 0 Å². The van der Waals surface area contributed by atoms with Crippen molar-refractivity contribution in [3.8, 4) is 0 Å². The standard InChI is InChI=1S/C14H27NO4S/c1-12(18-2)11-20(16,17)15-8-9-19-14(10-15)13-6-4-3-5-7-13/h12-14H,3-11H2,1-2H3/t12-,14-/m0/s1. The number of nitrogens with zero attached hydrogens (tertiary/aromatic N) is 1. The molecule has 2 fully saturated rings. The van der Waals surface area contributed by atoms with Crippen molar-refractivity contribution in [2.24, 2.45) is 5.92 Å². The normalized spacial score (nSPS) is 28.4. The molecule has 118 valence electrons. The molecule has 0 N–H and O–H groups in total. The van der Waals surface area contributed by atoms with Crippen LogP contribution in [-0.2, 0) is 19.5 Å². The van der Waals surface area contributed by atoms with Gasteiger partial charge in [-0.25, -0.2) is 8.42 Å².